The molecule has 0 aromatic carbocycles. The fraction of sp³-hybridized carbons (Fsp3) is 1.00. The van der Waals surface area contributed by atoms with Crippen molar-refractivity contribution >= 4 is 0 Å². The van der Waals surface area contributed by atoms with Crippen LogP contribution in [0, 0.1) is 11.8 Å². The lowest BCUT2D eigenvalue weighted by Gasteiger charge is -2.40. The predicted molar refractivity (Wildman–Crippen MR) is 49.7 cm³/mol. The Morgan fingerprint density at radius 3 is 2.36 bits per heavy atom. The van der Waals surface area contributed by atoms with Crippen molar-refractivity contribution in [2.24, 2.45) is 11.8 Å². The summed E-state index contributed by atoms with van der Waals surface area (Å²) in [5, 5.41) is 0. The summed E-state index contributed by atoms with van der Waals surface area (Å²) in [4.78, 5) is 2.53. The molecule has 0 bridgehead atoms. The third-order valence-electron chi connectivity index (χ3n) is 2.95. The minimum Gasteiger partial charge on any atom is -0.303 e. The van der Waals surface area contributed by atoms with Gasteiger partial charge in [-0.05, 0) is 38.3 Å². The van der Waals surface area contributed by atoms with Crippen molar-refractivity contribution in [3.63, 3.8) is 0 Å². The summed E-state index contributed by atoms with van der Waals surface area (Å²) in [6.45, 7) is 8.36. The monoisotopic (exact) mass is 155 g/mol. The zero-order chi connectivity index (χ0) is 8.43. The van der Waals surface area contributed by atoms with E-state index in [1.165, 1.54) is 19.4 Å². The minimum atomic E-state index is 0.815. The number of likely N-dealkylation sites (tertiary alicyclic amines) is 1. The summed E-state index contributed by atoms with van der Waals surface area (Å²) in [6.07, 6.45) is 2.81. The van der Waals surface area contributed by atoms with Crippen molar-refractivity contribution in [3.05, 3.63) is 0 Å². The van der Waals surface area contributed by atoms with Crippen molar-refractivity contribution in [1.82, 2.24) is 4.90 Å². The molecule has 66 valence electrons. The van der Waals surface area contributed by atoms with E-state index in [0.29, 0.717) is 0 Å². The van der Waals surface area contributed by atoms with Crippen LogP contribution in [0.25, 0.3) is 0 Å². The SMILES string of the molecule is CC(C)C1C(C)CCCN1C. The van der Waals surface area contributed by atoms with Crippen LogP contribution >= 0.6 is 0 Å². The van der Waals surface area contributed by atoms with Gasteiger partial charge in [0.15, 0.2) is 0 Å². The Labute approximate surface area is 70.8 Å². The van der Waals surface area contributed by atoms with Crippen molar-refractivity contribution in [2.75, 3.05) is 13.6 Å². The van der Waals surface area contributed by atoms with Gasteiger partial charge < -0.3 is 4.90 Å². The fourth-order valence-electron chi connectivity index (χ4n) is 2.58. The molecule has 0 saturated carbocycles. The van der Waals surface area contributed by atoms with E-state index in [9.17, 15) is 0 Å². The van der Waals surface area contributed by atoms with Crippen LogP contribution < -0.4 is 0 Å². The second-order valence-corrected chi connectivity index (χ2v) is 4.33. The highest BCUT2D eigenvalue weighted by atomic mass is 15.1. The first kappa shape index (κ1) is 9.05. The molecule has 0 N–H and O–H groups in total. The Balaban J connectivity index is 2.55. The number of piperidine rings is 1. The van der Waals surface area contributed by atoms with Crippen LogP contribution in [0.4, 0.5) is 0 Å². The summed E-state index contributed by atoms with van der Waals surface area (Å²) in [7, 11) is 2.26. The van der Waals surface area contributed by atoms with Gasteiger partial charge in [-0.2, -0.15) is 0 Å². The van der Waals surface area contributed by atoms with Gasteiger partial charge in [0.1, 0.15) is 0 Å². The van der Waals surface area contributed by atoms with Crippen molar-refractivity contribution in [1.29, 1.82) is 0 Å². The summed E-state index contributed by atoms with van der Waals surface area (Å²) in [5.41, 5.74) is 0. The molecule has 1 saturated heterocycles. The van der Waals surface area contributed by atoms with E-state index in [1.54, 1.807) is 0 Å². The number of nitrogens with zero attached hydrogens (tertiary/aromatic N) is 1. The summed E-state index contributed by atoms with van der Waals surface area (Å²) in [6, 6.07) is 0.823. The first-order valence-electron chi connectivity index (χ1n) is 4.83. The molecule has 0 spiro atoms. The van der Waals surface area contributed by atoms with Crippen LogP contribution in [0.3, 0.4) is 0 Å². The van der Waals surface area contributed by atoms with Crippen LogP contribution in [-0.4, -0.2) is 24.5 Å². The third kappa shape index (κ3) is 1.96. The molecule has 1 aliphatic rings. The molecule has 2 atom stereocenters. The summed E-state index contributed by atoms with van der Waals surface area (Å²) < 4.78 is 0. The molecule has 1 nitrogen and oxygen atoms in total. The zero-order valence-electron chi connectivity index (χ0n) is 8.30. The van der Waals surface area contributed by atoms with E-state index >= 15 is 0 Å². The van der Waals surface area contributed by atoms with Crippen LogP contribution in [0.5, 0.6) is 0 Å². The average molecular weight is 155 g/mol. The highest BCUT2D eigenvalue weighted by molar-refractivity contribution is 4.81. The van der Waals surface area contributed by atoms with Crippen LogP contribution in [0.15, 0.2) is 0 Å². The maximum absolute atomic E-state index is 2.53. The van der Waals surface area contributed by atoms with E-state index in [0.717, 1.165) is 17.9 Å². The molecule has 0 aromatic heterocycles. The molecular formula is C10H21N. The molecule has 1 aliphatic heterocycles. The molecule has 1 rings (SSSR count). The summed E-state index contributed by atoms with van der Waals surface area (Å²) in [5.74, 6) is 1.71. The number of hydrogen-bond donors (Lipinski definition) is 0. The van der Waals surface area contributed by atoms with Gasteiger partial charge in [-0.3, -0.25) is 0 Å². The Bertz CT molecular complexity index is 110. The smallest absolute Gasteiger partial charge is 0.0141 e. The first-order chi connectivity index (χ1) is 5.13. The molecule has 0 aromatic rings. The van der Waals surface area contributed by atoms with E-state index in [-0.39, 0.29) is 0 Å². The molecule has 0 amide bonds. The van der Waals surface area contributed by atoms with Gasteiger partial charge >= 0.3 is 0 Å². The van der Waals surface area contributed by atoms with E-state index in [1.807, 2.05) is 0 Å². The molecule has 1 heterocycles. The highest BCUT2D eigenvalue weighted by Gasteiger charge is 2.27. The minimum absolute atomic E-state index is 0.815. The molecule has 11 heavy (non-hydrogen) atoms. The molecule has 0 radical (unpaired) electrons. The molecule has 2 unspecified atom stereocenters. The fourth-order valence-corrected chi connectivity index (χ4v) is 2.58. The maximum Gasteiger partial charge on any atom is 0.0141 e. The third-order valence-corrected chi connectivity index (χ3v) is 2.95. The maximum atomic E-state index is 2.53. The highest BCUT2D eigenvalue weighted by Crippen LogP contribution is 2.26. The molecule has 1 fully saturated rings. The van der Waals surface area contributed by atoms with Gasteiger partial charge in [0, 0.05) is 6.04 Å². The first-order valence-corrected chi connectivity index (χ1v) is 4.83. The second-order valence-electron chi connectivity index (χ2n) is 4.33. The quantitative estimate of drug-likeness (QED) is 0.562. The van der Waals surface area contributed by atoms with Gasteiger partial charge in [0.2, 0.25) is 0 Å². The number of rotatable bonds is 1. The van der Waals surface area contributed by atoms with E-state index < -0.39 is 0 Å². The molecule has 1 heteroatoms. The summed E-state index contributed by atoms with van der Waals surface area (Å²) >= 11 is 0. The molecular weight excluding hydrogens is 134 g/mol. The average Bonchev–Trinajstić information content (AvgIpc) is 1.85. The Morgan fingerprint density at radius 1 is 1.36 bits per heavy atom. The van der Waals surface area contributed by atoms with Crippen LogP contribution in [0.2, 0.25) is 0 Å². The van der Waals surface area contributed by atoms with Crippen molar-refractivity contribution in [3.8, 4) is 0 Å². The van der Waals surface area contributed by atoms with E-state index in [4.69, 9.17) is 0 Å². The topological polar surface area (TPSA) is 3.24 Å². The Morgan fingerprint density at radius 2 is 2.00 bits per heavy atom. The standard InChI is InChI=1S/C10H21N/c1-8(2)10-9(3)6-5-7-11(10)4/h8-10H,5-7H2,1-4H3. The van der Waals surface area contributed by atoms with Gasteiger partial charge in [0.05, 0.1) is 0 Å². The predicted octanol–water partition coefficient (Wildman–Crippen LogP) is 2.37. The normalized spacial score (nSPS) is 34.6. The second kappa shape index (κ2) is 3.57. The van der Waals surface area contributed by atoms with Gasteiger partial charge in [-0.25, -0.2) is 0 Å². The zero-order valence-corrected chi connectivity index (χ0v) is 8.30. The lowest BCUT2D eigenvalue weighted by Crippen LogP contribution is -2.44. The van der Waals surface area contributed by atoms with E-state index in [2.05, 4.69) is 32.7 Å². The van der Waals surface area contributed by atoms with Crippen molar-refractivity contribution in [2.45, 2.75) is 39.7 Å². The van der Waals surface area contributed by atoms with Crippen LogP contribution in [-0.2, 0) is 0 Å². The lowest BCUT2D eigenvalue weighted by molar-refractivity contribution is 0.0932. The molecule has 0 aliphatic carbocycles. The largest absolute Gasteiger partial charge is 0.303 e. The van der Waals surface area contributed by atoms with Crippen molar-refractivity contribution < 1.29 is 0 Å². The van der Waals surface area contributed by atoms with Gasteiger partial charge in [-0.15, -0.1) is 0 Å². The Kier molecular flexibility index (Phi) is 2.94. The lowest BCUT2D eigenvalue weighted by atomic mass is 9.84. The number of hydrogen-bond acceptors (Lipinski definition) is 1. The van der Waals surface area contributed by atoms with Gasteiger partial charge in [0.25, 0.3) is 0 Å². The Hall–Kier alpha value is -0.0400. The van der Waals surface area contributed by atoms with Crippen LogP contribution in [0.1, 0.15) is 33.6 Å². The van der Waals surface area contributed by atoms with Gasteiger partial charge in [-0.1, -0.05) is 20.8 Å².